The minimum Gasteiger partial charge on any atom is -0.309 e. The van der Waals surface area contributed by atoms with Crippen LogP contribution in [0.4, 0.5) is 0 Å². The Morgan fingerprint density at radius 3 is 1.46 bits per heavy atom. The smallest absolute Gasteiger partial charge is 0.0992 e. The molecule has 0 radical (unpaired) electrons. The number of nitrogens with zero attached hydrogens (tertiary/aromatic N) is 2. The predicted molar refractivity (Wildman–Crippen MR) is 249 cm³/mol. The first-order chi connectivity index (χ1) is 29.2. The lowest BCUT2D eigenvalue weighted by Crippen LogP contribution is -1.94. The van der Waals surface area contributed by atoms with Crippen LogP contribution >= 0.6 is 0 Å². The highest BCUT2D eigenvalue weighted by molar-refractivity contribution is 6.26. The standard InChI is InChI=1S/C57H34N2/c58-35-36-25-27-50-51-28-26-38(32-57(51)59(56(50)31-36)39-15-2-1-3-16-39)41-29-30-49(44-19-7-6-18-42(41)44)53-34-55-47-22-10-8-20-45(47)52(33-54(55)48-23-11-9-21-46(48)53)43-24-12-14-37-13-4-5-17-40(37)43/h1-34H. The van der Waals surface area contributed by atoms with E-state index < -0.39 is 0 Å². The molecule has 59 heavy (non-hydrogen) atoms. The molecule has 0 aliphatic rings. The van der Waals surface area contributed by atoms with Crippen molar-refractivity contribution in [1.29, 1.82) is 5.26 Å². The van der Waals surface area contributed by atoms with Gasteiger partial charge in [0.1, 0.15) is 0 Å². The average Bonchev–Trinajstić information content (AvgIpc) is 3.63. The Morgan fingerprint density at radius 2 is 0.797 bits per heavy atom. The van der Waals surface area contributed by atoms with Gasteiger partial charge in [0.15, 0.2) is 0 Å². The van der Waals surface area contributed by atoms with Gasteiger partial charge in [0.05, 0.1) is 22.7 Å². The highest BCUT2D eigenvalue weighted by atomic mass is 15.0. The van der Waals surface area contributed by atoms with Crippen molar-refractivity contribution in [2.45, 2.75) is 0 Å². The topological polar surface area (TPSA) is 28.7 Å². The number of aromatic nitrogens is 1. The van der Waals surface area contributed by atoms with E-state index in [1.807, 2.05) is 18.2 Å². The van der Waals surface area contributed by atoms with Crippen LogP contribution < -0.4 is 0 Å². The van der Waals surface area contributed by atoms with Gasteiger partial charge in [-0.2, -0.15) is 5.26 Å². The first-order valence-corrected chi connectivity index (χ1v) is 20.1. The van der Waals surface area contributed by atoms with E-state index in [-0.39, 0.29) is 0 Å². The molecule has 0 aliphatic heterocycles. The molecule has 12 rings (SSSR count). The molecule has 2 nitrogen and oxygen atoms in total. The van der Waals surface area contributed by atoms with Crippen LogP contribution in [-0.4, -0.2) is 4.57 Å². The molecule has 11 aromatic carbocycles. The Kier molecular flexibility index (Phi) is 7.33. The van der Waals surface area contributed by atoms with E-state index in [2.05, 4.69) is 199 Å². The third-order valence-electron chi connectivity index (χ3n) is 12.4. The van der Waals surface area contributed by atoms with Crippen LogP contribution in [0, 0.1) is 11.3 Å². The Morgan fingerprint density at radius 1 is 0.305 bits per heavy atom. The molecule has 0 saturated carbocycles. The number of para-hydroxylation sites is 1. The van der Waals surface area contributed by atoms with Gasteiger partial charge in [-0.15, -0.1) is 0 Å². The van der Waals surface area contributed by atoms with E-state index in [0.717, 1.165) is 33.1 Å². The summed E-state index contributed by atoms with van der Waals surface area (Å²) in [5.74, 6) is 0. The lowest BCUT2D eigenvalue weighted by atomic mass is 9.85. The molecular weight excluding hydrogens is 713 g/mol. The number of rotatable bonds is 4. The Balaban J connectivity index is 1.09. The molecule has 1 aromatic heterocycles. The molecule has 0 saturated heterocycles. The maximum Gasteiger partial charge on any atom is 0.0992 e. The fourth-order valence-electron chi connectivity index (χ4n) is 9.75. The van der Waals surface area contributed by atoms with Crippen molar-refractivity contribution in [3.8, 4) is 45.1 Å². The molecule has 0 atom stereocenters. The molecule has 2 heteroatoms. The number of nitriles is 1. The van der Waals surface area contributed by atoms with Crippen LogP contribution in [0.3, 0.4) is 0 Å². The van der Waals surface area contributed by atoms with Crippen molar-refractivity contribution < 1.29 is 0 Å². The summed E-state index contributed by atoms with van der Waals surface area (Å²) < 4.78 is 2.29. The van der Waals surface area contributed by atoms with Crippen LogP contribution in [0.5, 0.6) is 0 Å². The molecule has 0 unspecified atom stereocenters. The van der Waals surface area contributed by atoms with E-state index in [4.69, 9.17) is 0 Å². The quantitative estimate of drug-likeness (QED) is 0.165. The summed E-state index contributed by atoms with van der Waals surface area (Å²) in [5.41, 5.74) is 11.2. The van der Waals surface area contributed by atoms with Gasteiger partial charge in [0.25, 0.3) is 0 Å². The highest BCUT2D eigenvalue weighted by Crippen LogP contribution is 2.46. The van der Waals surface area contributed by atoms with E-state index in [1.54, 1.807) is 0 Å². The first-order valence-electron chi connectivity index (χ1n) is 20.1. The molecule has 0 spiro atoms. The van der Waals surface area contributed by atoms with Gasteiger partial charge in [-0.3, -0.25) is 0 Å². The summed E-state index contributed by atoms with van der Waals surface area (Å²) in [6.45, 7) is 0. The summed E-state index contributed by atoms with van der Waals surface area (Å²) in [4.78, 5) is 0. The minimum atomic E-state index is 0.652. The number of hydrogen-bond donors (Lipinski definition) is 0. The zero-order valence-corrected chi connectivity index (χ0v) is 32.0. The van der Waals surface area contributed by atoms with Crippen molar-refractivity contribution in [2.24, 2.45) is 0 Å². The summed E-state index contributed by atoms with van der Waals surface area (Å²) in [7, 11) is 0. The van der Waals surface area contributed by atoms with Gasteiger partial charge in [-0.1, -0.05) is 164 Å². The van der Waals surface area contributed by atoms with E-state index >= 15 is 0 Å². The van der Waals surface area contributed by atoms with Crippen LogP contribution in [0.15, 0.2) is 206 Å². The molecule has 0 bridgehead atoms. The summed E-state index contributed by atoms with van der Waals surface area (Å²) in [5, 5.41) is 24.6. The average molecular weight is 747 g/mol. The summed E-state index contributed by atoms with van der Waals surface area (Å²) in [6, 6.07) is 77.2. The number of benzene rings is 11. The SMILES string of the molecule is N#Cc1ccc2c3ccc(-c4ccc(-c5cc6c7ccccc7c(-c7cccc8ccccc78)cc6c6ccccc56)c5ccccc45)cc3n(-c3ccccc3)c2c1. The zero-order chi connectivity index (χ0) is 39.0. The minimum absolute atomic E-state index is 0.652. The van der Waals surface area contributed by atoms with Crippen molar-refractivity contribution in [3.63, 3.8) is 0 Å². The lowest BCUT2D eigenvalue weighted by Gasteiger charge is -2.18. The Hall–Kier alpha value is -7.99. The molecule has 0 amide bonds. The molecule has 0 aliphatic carbocycles. The van der Waals surface area contributed by atoms with E-state index in [9.17, 15) is 5.26 Å². The molecule has 0 fully saturated rings. The fraction of sp³-hybridized carbons (Fsp3) is 0. The van der Waals surface area contributed by atoms with Gasteiger partial charge in [-0.25, -0.2) is 0 Å². The maximum atomic E-state index is 9.82. The largest absolute Gasteiger partial charge is 0.309 e. The van der Waals surface area contributed by atoms with Crippen molar-refractivity contribution in [1.82, 2.24) is 4.57 Å². The number of hydrogen-bond acceptors (Lipinski definition) is 1. The van der Waals surface area contributed by atoms with Gasteiger partial charge < -0.3 is 4.57 Å². The van der Waals surface area contributed by atoms with Crippen LogP contribution in [0.1, 0.15) is 5.56 Å². The summed E-state index contributed by atoms with van der Waals surface area (Å²) in [6.07, 6.45) is 0. The fourth-order valence-corrected chi connectivity index (χ4v) is 9.75. The van der Waals surface area contributed by atoms with Crippen molar-refractivity contribution in [3.05, 3.63) is 212 Å². The lowest BCUT2D eigenvalue weighted by molar-refractivity contribution is 1.18. The number of fused-ring (bicyclic) bond motifs is 10. The van der Waals surface area contributed by atoms with Crippen LogP contribution in [0.25, 0.3) is 115 Å². The van der Waals surface area contributed by atoms with E-state index in [1.165, 1.54) is 81.7 Å². The zero-order valence-electron chi connectivity index (χ0n) is 32.0. The van der Waals surface area contributed by atoms with Crippen molar-refractivity contribution >= 4 is 75.7 Å². The Bertz CT molecular complexity index is 3730. The second kappa shape index (κ2) is 13.0. The second-order valence-electron chi connectivity index (χ2n) is 15.5. The molecule has 1 heterocycles. The Labute approximate surface area is 341 Å². The van der Waals surface area contributed by atoms with Crippen LogP contribution in [-0.2, 0) is 0 Å². The molecule has 0 N–H and O–H groups in total. The second-order valence-corrected chi connectivity index (χ2v) is 15.5. The molecule has 12 aromatic rings. The van der Waals surface area contributed by atoms with Crippen LogP contribution in [0.2, 0.25) is 0 Å². The van der Waals surface area contributed by atoms with Crippen molar-refractivity contribution in [2.75, 3.05) is 0 Å². The molecule has 272 valence electrons. The first kappa shape index (κ1) is 33.2. The monoisotopic (exact) mass is 746 g/mol. The predicted octanol–water partition coefficient (Wildman–Crippen LogP) is 15.4. The molecular formula is C57H34N2. The van der Waals surface area contributed by atoms with E-state index in [0.29, 0.717) is 5.56 Å². The van der Waals surface area contributed by atoms with Gasteiger partial charge in [0.2, 0.25) is 0 Å². The highest BCUT2D eigenvalue weighted by Gasteiger charge is 2.19. The third-order valence-corrected chi connectivity index (χ3v) is 12.4. The third kappa shape index (κ3) is 5.05. The normalized spacial score (nSPS) is 11.7. The van der Waals surface area contributed by atoms with Gasteiger partial charge in [0, 0.05) is 16.5 Å². The van der Waals surface area contributed by atoms with Gasteiger partial charge in [-0.05, 0) is 130 Å². The summed E-state index contributed by atoms with van der Waals surface area (Å²) >= 11 is 0. The van der Waals surface area contributed by atoms with Gasteiger partial charge >= 0.3 is 0 Å². The maximum absolute atomic E-state index is 9.82.